The minimum absolute atomic E-state index is 0.714. The van der Waals surface area contributed by atoms with Crippen LogP contribution in [0, 0.1) is 11.8 Å². The summed E-state index contributed by atoms with van der Waals surface area (Å²) in [5.41, 5.74) is 2.29. The van der Waals surface area contributed by atoms with E-state index < -0.39 is 0 Å². The first-order chi connectivity index (χ1) is 10.2. The molecule has 0 radical (unpaired) electrons. The van der Waals surface area contributed by atoms with E-state index in [0.29, 0.717) is 5.92 Å². The molecule has 2 fully saturated rings. The highest BCUT2D eigenvalue weighted by Gasteiger charge is 2.29. The number of aryl methyl sites for hydroxylation is 2. The molecule has 1 N–H and O–H groups in total. The topological polar surface area (TPSA) is 29.9 Å². The van der Waals surface area contributed by atoms with Gasteiger partial charge in [-0.15, -0.1) is 0 Å². The maximum atomic E-state index is 6.55. The molecule has 4 heteroatoms. The van der Waals surface area contributed by atoms with Gasteiger partial charge in [-0.05, 0) is 44.1 Å². The third-order valence-electron chi connectivity index (χ3n) is 5.27. The average Bonchev–Trinajstić information content (AvgIpc) is 3.07. The van der Waals surface area contributed by atoms with Crippen LogP contribution in [-0.4, -0.2) is 22.4 Å². The van der Waals surface area contributed by atoms with Crippen LogP contribution in [0.2, 0.25) is 5.02 Å². The molecule has 2 aliphatic rings. The summed E-state index contributed by atoms with van der Waals surface area (Å²) in [5, 5.41) is 9.23. The summed E-state index contributed by atoms with van der Waals surface area (Å²) < 4.78 is 2.01. The number of aromatic nitrogens is 2. The van der Waals surface area contributed by atoms with Gasteiger partial charge in [0, 0.05) is 13.1 Å². The van der Waals surface area contributed by atoms with E-state index >= 15 is 0 Å². The molecule has 0 amide bonds. The fourth-order valence-corrected chi connectivity index (χ4v) is 4.10. The van der Waals surface area contributed by atoms with Crippen LogP contribution in [0.25, 0.3) is 0 Å². The van der Waals surface area contributed by atoms with Crippen LogP contribution in [0.1, 0.15) is 56.8 Å². The Kier molecular flexibility index (Phi) is 4.90. The maximum Gasteiger partial charge on any atom is 0.0849 e. The Hall–Kier alpha value is -0.540. The summed E-state index contributed by atoms with van der Waals surface area (Å²) >= 11 is 6.55. The Morgan fingerprint density at radius 3 is 2.57 bits per heavy atom. The second-order valence-electron chi connectivity index (χ2n) is 6.88. The summed E-state index contributed by atoms with van der Waals surface area (Å²) in [5.74, 6) is 1.58. The van der Waals surface area contributed by atoms with Crippen molar-refractivity contribution in [1.29, 1.82) is 0 Å². The van der Waals surface area contributed by atoms with Gasteiger partial charge in [-0.25, -0.2) is 0 Å². The van der Waals surface area contributed by atoms with Gasteiger partial charge in [-0.3, -0.25) is 4.68 Å². The minimum atomic E-state index is 0.714. The zero-order chi connectivity index (χ0) is 14.8. The highest BCUT2D eigenvalue weighted by molar-refractivity contribution is 6.31. The lowest BCUT2D eigenvalue weighted by atomic mass is 9.86. The van der Waals surface area contributed by atoms with E-state index in [4.69, 9.17) is 11.6 Å². The quantitative estimate of drug-likeness (QED) is 0.831. The molecule has 1 aromatic heterocycles. The summed E-state index contributed by atoms with van der Waals surface area (Å²) in [4.78, 5) is 0. The van der Waals surface area contributed by atoms with Gasteiger partial charge in [0.2, 0.25) is 0 Å². The number of hydrogen-bond donors (Lipinski definition) is 1. The molecular weight excluding hydrogens is 282 g/mol. The minimum Gasteiger partial charge on any atom is -0.314 e. The van der Waals surface area contributed by atoms with Crippen molar-refractivity contribution in [3.05, 3.63) is 16.4 Å². The standard InChI is InChI=1S/C17H28ClN3/c1-3-15-17(18)16(21(2)20-15)10-13(11-19-14-8-9-14)12-6-4-5-7-12/h12-14,19H,3-11H2,1-2H3. The second-order valence-corrected chi connectivity index (χ2v) is 7.25. The zero-order valence-corrected chi connectivity index (χ0v) is 14.1. The van der Waals surface area contributed by atoms with Crippen molar-refractivity contribution in [3.8, 4) is 0 Å². The SMILES string of the molecule is CCc1nn(C)c(CC(CNC2CC2)C2CCCC2)c1Cl. The molecule has 1 aromatic rings. The fraction of sp³-hybridized carbons (Fsp3) is 0.824. The molecule has 1 unspecified atom stereocenters. The average molecular weight is 310 g/mol. The van der Waals surface area contributed by atoms with Crippen molar-refractivity contribution in [3.63, 3.8) is 0 Å². The molecule has 1 heterocycles. The number of nitrogens with one attached hydrogen (secondary N) is 1. The molecule has 0 bridgehead atoms. The van der Waals surface area contributed by atoms with Crippen LogP contribution in [0.4, 0.5) is 0 Å². The van der Waals surface area contributed by atoms with Gasteiger partial charge < -0.3 is 5.32 Å². The van der Waals surface area contributed by atoms with Crippen LogP contribution in [0.5, 0.6) is 0 Å². The third-order valence-corrected chi connectivity index (χ3v) is 5.71. The zero-order valence-electron chi connectivity index (χ0n) is 13.4. The van der Waals surface area contributed by atoms with Crippen molar-refractivity contribution < 1.29 is 0 Å². The normalized spacial score (nSPS) is 21.1. The number of rotatable bonds is 7. The van der Waals surface area contributed by atoms with Crippen LogP contribution >= 0.6 is 11.6 Å². The van der Waals surface area contributed by atoms with Gasteiger partial charge in [0.15, 0.2) is 0 Å². The van der Waals surface area contributed by atoms with Gasteiger partial charge in [0.05, 0.1) is 16.4 Å². The molecule has 0 saturated heterocycles. The highest BCUT2D eigenvalue weighted by atomic mass is 35.5. The summed E-state index contributed by atoms with van der Waals surface area (Å²) in [7, 11) is 2.04. The molecule has 0 aromatic carbocycles. The smallest absolute Gasteiger partial charge is 0.0849 e. The van der Waals surface area contributed by atoms with Crippen molar-refractivity contribution in [2.24, 2.45) is 18.9 Å². The molecule has 0 spiro atoms. The molecule has 21 heavy (non-hydrogen) atoms. The van der Waals surface area contributed by atoms with E-state index in [1.807, 2.05) is 11.7 Å². The van der Waals surface area contributed by atoms with Crippen molar-refractivity contribution in [2.45, 2.75) is 64.3 Å². The van der Waals surface area contributed by atoms with Crippen LogP contribution in [0.15, 0.2) is 0 Å². The predicted molar refractivity (Wildman–Crippen MR) is 87.8 cm³/mol. The summed E-state index contributed by atoms with van der Waals surface area (Å²) in [6, 6.07) is 0.794. The first-order valence-electron chi connectivity index (χ1n) is 8.62. The molecule has 2 aliphatic carbocycles. The predicted octanol–water partition coefficient (Wildman–Crippen LogP) is 3.74. The summed E-state index contributed by atoms with van der Waals surface area (Å²) in [6.07, 6.45) is 10.3. The van der Waals surface area contributed by atoms with E-state index in [0.717, 1.165) is 42.1 Å². The lowest BCUT2D eigenvalue weighted by Gasteiger charge is -2.24. The lowest BCUT2D eigenvalue weighted by Crippen LogP contribution is -2.30. The van der Waals surface area contributed by atoms with Crippen molar-refractivity contribution >= 4 is 11.6 Å². The van der Waals surface area contributed by atoms with E-state index in [9.17, 15) is 0 Å². The first kappa shape index (κ1) is 15.4. The van der Waals surface area contributed by atoms with Gasteiger partial charge in [0.25, 0.3) is 0 Å². The Bertz CT molecular complexity index is 473. The molecule has 1 atom stereocenters. The van der Waals surface area contributed by atoms with E-state index in [-0.39, 0.29) is 0 Å². The van der Waals surface area contributed by atoms with E-state index in [1.54, 1.807) is 0 Å². The highest BCUT2D eigenvalue weighted by Crippen LogP contribution is 2.35. The van der Waals surface area contributed by atoms with Crippen LogP contribution in [-0.2, 0) is 19.9 Å². The molecular formula is C17H28ClN3. The molecule has 2 saturated carbocycles. The van der Waals surface area contributed by atoms with E-state index in [1.165, 1.54) is 44.2 Å². The Morgan fingerprint density at radius 2 is 2.00 bits per heavy atom. The molecule has 118 valence electrons. The van der Waals surface area contributed by atoms with Gasteiger partial charge >= 0.3 is 0 Å². The number of hydrogen-bond acceptors (Lipinski definition) is 2. The Labute approximate surface area is 133 Å². The maximum absolute atomic E-state index is 6.55. The lowest BCUT2D eigenvalue weighted by molar-refractivity contribution is 0.315. The summed E-state index contributed by atoms with van der Waals surface area (Å²) in [6.45, 7) is 3.28. The third kappa shape index (κ3) is 3.62. The van der Waals surface area contributed by atoms with Gasteiger partial charge in [-0.1, -0.05) is 44.2 Å². The Balaban J connectivity index is 1.71. The largest absolute Gasteiger partial charge is 0.314 e. The second kappa shape index (κ2) is 6.70. The van der Waals surface area contributed by atoms with Crippen molar-refractivity contribution in [1.82, 2.24) is 15.1 Å². The molecule has 3 rings (SSSR count). The monoisotopic (exact) mass is 309 g/mol. The van der Waals surface area contributed by atoms with Crippen LogP contribution < -0.4 is 5.32 Å². The number of halogens is 1. The van der Waals surface area contributed by atoms with Crippen molar-refractivity contribution in [2.75, 3.05) is 6.54 Å². The number of nitrogens with zero attached hydrogens (tertiary/aromatic N) is 2. The molecule has 3 nitrogen and oxygen atoms in total. The molecule has 0 aliphatic heterocycles. The Morgan fingerprint density at radius 1 is 1.29 bits per heavy atom. The fourth-order valence-electron chi connectivity index (χ4n) is 3.73. The first-order valence-corrected chi connectivity index (χ1v) is 9.00. The van der Waals surface area contributed by atoms with Gasteiger partial charge in [-0.2, -0.15) is 5.10 Å². The van der Waals surface area contributed by atoms with E-state index in [2.05, 4.69) is 17.3 Å². The van der Waals surface area contributed by atoms with Gasteiger partial charge in [0.1, 0.15) is 0 Å². The van der Waals surface area contributed by atoms with Crippen LogP contribution in [0.3, 0.4) is 0 Å².